The number of ether oxygens (including phenoxy) is 3. The number of carbonyl (C=O) groups is 2. The molecule has 180 valence electrons. The molecule has 1 fully saturated rings. The molecule has 1 heterocycles. The zero-order valence-corrected chi connectivity index (χ0v) is 19.1. The molecule has 0 spiro atoms. The Labute approximate surface area is 189 Å². The predicted molar refractivity (Wildman–Crippen MR) is 112 cm³/mol. The third-order valence-corrected chi connectivity index (χ3v) is 4.92. The summed E-state index contributed by atoms with van der Waals surface area (Å²) in [5, 5.41) is -0.218. The molecule has 1 saturated heterocycles. The average molecular weight is 482 g/mol. The molecule has 0 bridgehead atoms. The van der Waals surface area contributed by atoms with E-state index < -0.39 is 29.8 Å². The first-order chi connectivity index (χ1) is 14.7. The molecule has 1 aliphatic rings. The number of esters is 1. The topological polar surface area (TPSA) is 94.3 Å². The van der Waals surface area contributed by atoms with Gasteiger partial charge in [-0.25, -0.2) is 9.59 Å². The number of hydrogen-bond acceptors (Lipinski definition) is 7. The molecule has 0 aromatic heterocycles. The largest absolute Gasteiger partial charge is 0.573 e. The Bertz CT molecular complexity index is 850. The maximum Gasteiger partial charge on any atom is 0.573 e. The number of anilines is 1. The summed E-state index contributed by atoms with van der Waals surface area (Å²) in [6.45, 7) is 8.17. The fourth-order valence-electron chi connectivity index (χ4n) is 3.06. The molecular formula is C20H27ClF3N3O5. The Morgan fingerprint density at radius 2 is 1.75 bits per heavy atom. The van der Waals surface area contributed by atoms with E-state index in [1.54, 1.807) is 32.6 Å². The Morgan fingerprint density at radius 3 is 2.25 bits per heavy atom. The van der Waals surface area contributed by atoms with Gasteiger partial charge in [-0.1, -0.05) is 11.6 Å². The van der Waals surface area contributed by atoms with Crippen molar-refractivity contribution in [2.45, 2.75) is 46.2 Å². The summed E-state index contributed by atoms with van der Waals surface area (Å²) in [7, 11) is 0. The Hall–Kier alpha value is -2.40. The third kappa shape index (κ3) is 7.06. The van der Waals surface area contributed by atoms with E-state index in [1.165, 1.54) is 4.90 Å². The number of rotatable bonds is 5. The van der Waals surface area contributed by atoms with Crippen LogP contribution in [-0.4, -0.2) is 66.6 Å². The van der Waals surface area contributed by atoms with E-state index in [1.807, 2.05) is 0 Å². The van der Waals surface area contributed by atoms with Gasteiger partial charge in [-0.2, -0.15) is 0 Å². The van der Waals surface area contributed by atoms with Gasteiger partial charge in [0.15, 0.2) is 0 Å². The van der Waals surface area contributed by atoms with Gasteiger partial charge in [-0.3, -0.25) is 4.90 Å². The van der Waals surface area contributed by atoms with E-state index in [2.05, 4.69) is 4.74 Å². The van der Waals surface area contributed by atoms with Crippen LogP contribution in [0.1, 0.15) is 43.6 Å². The quantitative estimate of drug-likeness (QED) is 0.500. The van der Waals surface area contributed by atoms with Gasteiger partial charge in [-0.15, -0.1) is 13.2 Å². The number of nitrogen functional groups attached to an aromatic ring is 1. The van der Waals surface area contributed by atoms with Crippen LogP contribution in [0.5, 0.6) is 5.75 Å². The van der Waals surface area contributed by atoms with Crippen molar-refractivity contribution in [2.75, 3.05) is 38.5 Å². The molecular weight excluding hydrogens is 455 g/mol. The van der Waals surface area contributed by atoms with Gasteiger partial charge in [0.25, 0.3) is 0 Å². The number of alkyl halides is 3. The van der Waals surface area contributed by atoms with Gasteiger partial charge in [0, 0.05) is 38.3 Å². The second kappa shape index (κ2) is 10.0. The fourth-order valence-corrected chi connectivity index (χ4v) is 3.32. The van der Waals surface area contributed by atoms with E-state index in [0.717, 1.165) is 6.07 Å². The maximum atomic E-state index is 13.0. The fraction of sp³-hybridized carbons (Fsp3) is 0.600. The molecule has 0 atom stereocenters. The monoisotopic (exact) mass is 481 g/mol. The summed E-state index contributed by atoms with van der Waals surface area (Å²) in [5.41, 5.74) is 4.76. The van der Waals surface area contributed by atoms with Crippen LogP contribution in [-0.2, 0) is 16.0 Å². The summed E-state index contributed by atoms with van der Waals surface area (Å²) < 4.78 is 53.3. The summed E-state index contributed by atoms with van der Waals surface area (Å²) >= 11 is 6.26. The Balaban J connectivity index is 2.23. The van der Waals surface area contributed by atoms with Crippen LogP contribution in [0.15, 0.2) is 6.07 Å². The van der Waals surface area contributed by atoms with E-state index in [0.29, 0.717) is 26.2 Å². The van der Waals surface area contributed by atoms with Gasteiger partial charge in [-0.05, 0) is 33.8 Å². The lowest BCUT2D eigenvalue weighted by Gasteiger charge is -2.36. The van der Waals surface area contributed by atoms with Gasteiger partial charge in [0.2, 0.25) is 0 Å². The van der Waals surface area contributed by atoms with Crippen LogP contribution in [0.4, 0.5) is 23.7 Å². The molecule has 8 nitrogen and oxygen atoms in total. The van der Waals surface area contributed by atoms with Crippen LogP contribution in [0.3, 0.4) is 0 Å². The number of amides is 1. The third-order valence-electron chi connectivity index (χ3n) is 4.49. The number of benzene rings is 1. The minimum absolute atomic E-state index is 0.00896. The first-order valence-corrected chi connectivity index (χ1v) is 10.3. The standard InChI is InChI=1S/C20H27ClF3N3O5/c1-5-30-17(28)12-10-14(31-20(22,23)24)13(15(21)16(12)25)11-26-6-8-27(9-7-26)18(29)32-19(2,3)4/h10H,5-9,11,25H2,1-4H3. The van der Waals surface area contributed by atoms with Crippen molar-refractivity contribution in [1.29, 1.82) is 0 Å². The molecule has 0 aliphatic carbocycles. The number of nitrogens with two attached hydrogens (primary N) is 1. The Morgan fingerprint density at radius 1 is 1.16 bits per heavy atom. The lowest BCUT2D eigenvalue weighted by atomic mass is 10.1. The van der Waals surface area contributed by atoms with Crippen LogP contribution in [0.2, 0.25) is 5.02 Å². The van der Waals surface area contributed by atoms with Crippen LogP contribution < -0.4 is 10.5 Å². The van der Waals surface area contributed by atoms with Gasteiger partial charge >= 0.3 is 18.4 Å². The van der Waals surface area contributed by atoms with Gasteiger partial charge in [0.1, 0.15) is 11.4 Å². The van der Waals surface area contributed by atoms with Crippen molar-refractivity contribution in [2.24, 2.45) is 0 Å². The second-order valence-corrected chi connectivity index (χ2v) is 8.52. The van der Waals surface area contributed by atoms with Crippen molar-refractivity contribution < 1.29 is 37.0 Å². The summed E-state index contributed by atoms with van der Waals surface area (Å²) in [6.07, 6.45) is -5.46. The SMILES string of the molecule is CCOC(=O)c1cc(OC(F)(F)F)c(CN2CCN(C(=O)OC(C)(C)C)CC2)c(Cl)c1N. The van der Waals surface area contributed by atoms with Crippen LogP contribution >= 0.6 is 11.6 Å². The van der Waals surface area contributed by atoms with Crippen molar-refractivity contribution >= 4 is 29.4 Å². The highest BCUT2D eigenvalue weighted by molar-refractivity contribution is 6.35. The Kier molecular flexibility index (Phi) is 8.11. The second-order valence-electron chi connectivity index (χ2n) is 8.14. The van der Waals surface area contributed by atoms with E-state index in [4.69, 9.17) is 26.8 Å². The van der Waals surface area contributed by atoms with Crippen LogP contribution in [0.25, 0.3) is 0 Å². The molecule has 0 unspecified atom stereocenters. The predicted octanol–water partition coefficient (Wildman–Crippen LogP) is 4.05. The molecule has 1 amide bonds. The zero-order valence-electron chi connectivity index (χ0n) is 18.3. The molecule has 12 heteroatoms. The highest BCUT2D eigenvalue weighted by atomic mass is 35.5. The molecule has 1 aliphatic heterocycles. The zero-order chi connectivity index (χ0) is 24.3. The van der Waals surface area contributed by atoms with E-state index in [-0.39, 0.29) is 35.0 Å². The van der Waals surface area contributed by atoms with Gasteiger partial charge in [0.05, 0.1) is 22.9 Å². The first-order valence-electron chi connectivity index (χ1n) is 9.95. The highest BCUT2D eigenvalue weighted by Gasteiger charge is 2.35. The van der Waals surface area contributed by atoms with Crippen LogP contribution in [0, 0.1) is 0 Å². The molecule has 1 aromatic rings. The maximum absolute atomic E-state index is 13.0. The summed E-state index contributed by atoms with van der Waals surface area (Å²) in [6, 6.07) is 0.888. The number of hydrogen-bond donors (Lipinski definition) is 1. The average Bonchev–Trinajstić information content (AvgIpc) is 2.65. The lowest BCUT2D eigenvalue weighted by Crippen LogP contribution is -2.49. The lowest BCUT2D eigenvalue weighted by molar-refractivity contribution is -0.275. The van der Waals surface area contributed by atoms with Gasteiger partial charge < -0.3 is 24.8 Å². The molecule has 2 N–H and O–H groups in total. The minimum Gasteiger partial charge on any atom is -0.462 e. The summed E-state index contributed by atoms with van der Waals surface area (Å²) in [4.78, 5) is 27.6. The molecule has 0 saturated carbocycles. The van der Waals surface area contributed by atoms with Crippen molar-refractivity contribution in [3.05, 3.63) is 22.2 Å². The number of carbonyl (C=O) groups excluding carboxylic acids is 2. The molecule has 0 radical (unpaired) electrons. The summed E-state index contributed by atoms with van der Waals surface area (Å²) in [5.74, 6) is -1.54. The highest BCUT2D eigenvalue weighted by Crippen LogP contribution is 2.38. The van der Waals surface area contributed by atoms with Crippen molar-refractivity contribution in [3.8, 4) is 5.75 Å². The normalized spacial score (nSPS) is 15.4. The number of piperazine rings is 1. The van der Waals surface area contributed by atoms with Crippen molar-refractivity contribution in [1.82, 2.24) is 9.80 Å². The molecule has 1 aromatic carbocycles. The minimum atomic E-state index is -5.00. The molecule has 2 rings (SSSR count). The smallest absolute Gasteiger partial charge is 0.462 e. The van der Waals surface area contributed by atoms with E-state index >= 15 is 0 Å². The first kappa shape index (κ1) is 25.9. The number of nitrogens with zero attached hydrogens (tertiary/aromatic N) is 2. The van der Waals surface area contributed by atoms with E-state index in [9.17, 15) is 22.8 Å². The number of halogens is 4. The van der Waals surface area contributed by atoms with Crippen molar-refractivity contribution in [3.63, 3.8) is 0 Å². The molecule has 32 heavy (non-hydrogen) atoms.